The van der Waals surface area contributed by atoms with Crippen LogP contribution in [0.5, 0.6) is 5.75 Å². The Balaban J connectivity index is 1.48. The Bertz CT molecular complexity index is 1370. The third-order valence-corrected chi connectivity index (χ3v) is 6.97. The van der Waals surface area contributed by atoms with Gasteiger partial charge in [-0.1, -0.05) is 19.1 Å². The molecule has 0 aliphatic carbocycles. The van der Waals surface area contributed by atoms with E-state index in [0.717, 1.165) is 58.6 Å². The molecule has 1 saturated heterocycles. The van der Waals surface area contributed by atoms with Crippen LogP contribution in [-0.4, -0.2) is 45.5 Å². The normalized spacial score (nSPS) is 18.4. The average Bonchev–Trinajstić information content (AvgIpc) is 3.58. The fourth-order valence-corrected chi connectivity index (χ4v) is 5.27. The number of ether oxygens (including phenoxy) is 2. The van der Waals surface area contributed by atoms with Crippen molar-refractivity contribution >= 4 is 22.6 Å². The van der Waals surface area contributed by atoms with Crippen LogP contribution in [0.3, 0.4) is 0 Å². The second kappa shape index (κ2) is 8.85. The quantitative estimate of drug-likeness (QED) is 0.430. The molecule has 0 bridgehead atoms. The largest absolute Gasteiger partial charge is 0.494 e. The highest BCUT2D eigenvalue weighted by Gasteiger charge is 2.44. The van der Waals surface area contributed by atoms with Crippen LogP contribution < -0.4 is 9.64 Å². The number of aromatic amines is 1. The number of H-pyrrole nitrogens is 1. The van der Waals surface area contributed by atoms with Crippen molar-refractivity contribution in [2.24, 2.45) is 0 Å². The number of amides is 1. The predicted octanol–water partition coefficient (Wildman–Crippen LogP) is 4.96. The Labute approximate surface area is 203 Å². The molecule has 0 spiro atoms. The standard InChI is InChI=1S/C27H29N5O3/c1-3-12-35-21-7-4-18(5-8-21)25-24-17(2)30-32(19-10-13-34-14-11-19)26(24)27(33)31(25)20-6-9-22-23(15-20)29-16-28-22/h4-9,15-16,19,25H,3,10-14H2,1-2H3,(H,28,29). The van der Waals surface area contributed by atoms with Gasteiger partial charge in [0.15, 0.2) is 0 Å². The Morgan fingerprint density at radius 1 is 1.14 bits per heavy atom. The number of anilines is 1. The van der Waals surface area contributed by atoms with E-state index in [2.05, 4.69) is 29.0 Å². The molecule has 2 aromatic heterocycles. The van der Waals surface area contributed by atoms with Gasteiger partial charge in [0.25, 0.3) is 5.91 Å². The van der Waals surface area contributed by atoms with Gasteiger partial charge in [-0.25, -0.2) is 4.98 Å². The average molecular weight is 472 g/mol. The van der Waals surface area contributed by atoms with E-state index in [1.54, 1.807) is 6.33 Å². The third-order valence-electron chi connectivity index (χ3n) is 6.97. The van der Waals surface area contributed by atoms with E-state index in [0.29, 0.717) is 25.5 Å². The van der Waals surface area contributed by atoms with Gasteiger partial charge < -0.3 is 14.5 Å². The van der Waals surface area contributed by atoms with Crippen LogP contribution in [0.4, 0.5) is 5.69 Å². The number of rotatable bonds is 6. The number of carbonyl (C=O) groups excluding carboxylic acids is 1. The number of hydrogen-bond acceptors (Lipinski definition) is 5. The molecule has 1 fully saturated rings. The number of nitrogens with one attached hydrogen (secondary N) is 1. The topological polar surface area (TPSA) is 85.3 Å². The van der Waals surface area contributed by atoms with Crippen LogP contribution in [0.25, 0.3) is 11.0 Å². The van der Waals surface area contributed by atoms with Gasteiger partial charge >= 0.3 is 0 Å². The molecule has 0 radical (unpaired) electrons. The molecule has 4 heterocycles. The first-order valence-corrected chi connectivity index (χ1v) is 12.3. The van der Waals surface area contributed by atoms with Crippen LogP contribution in [-0.2, 0) is 4.74 Å². The van der Waals surface area contributed by atoms with Gasteiger partial charge in [-0.05, 0) is 62.1 Å². The lowest BCUT2D eigenvalue weighted by Crippen LogP contribution is -2.31. The highest BCUT2D eigenvalue weighted by molar-refractivity contribution is 6.11. The van der Waals surface area contributed by atoms with E-state index in [1.165, 1.54) is 0 Å². The van der Waals surface area contributed by atoms with E-state index in [9.17, 15) is 4.79 Å². The Morgan fingerprint density at radius 2 is 1.94 bits per heavy atom. The highest BCUT2D eigenvalue weighted by Crippen LogP contribution is 2.45. The van der Waals surface area contributed by atoms with E-state index < -0.39 is 0 Å². The van der Waals surface area contributed by atoms with Crippen LogP contribution in [0.2, 0.25) is 0 Å². The maximum absolute atomic E-state index is 14.1. The first-order valence-electron chi connectivity index (χ1n) is 12.3. The second-order valence-corrected chi connectivity index (χ2v) is 9.23. The molecular formula is C27H29N5O3. The summed E-state index contributed by atoms with van der Waals surface area (Å²) in [6, 6.07) is 13.9. The van der Waals surface area contributed by atoms with Gasteiger partial charge in [-0.3, -0.25) is 14.4 Å². The van der Waals surface area contributed by atoms with E-state index >= 15 is 0 Å². The van der Waals surface area contributed by atoms with Crippen molar-refractivity contribution in [3.8, 4) is 5.75 Å². The molecular weight excluding hydrogens is 442 g/mol. The van der Waals surface area contributed by atoms with Gasteiger partial charge in [0.2, 0.25) is 0 Å². The van der Waals surface area contributed by atoms with Crippen molar-refractivity contribution in [1.29, 1.82) is 0 Å². The van der Waals surface area contributed by atoms with Crippen LogP contribution in [0.15, 0.2) is 48.8 Å². The van der Waals surface area contributed by atoms with Gasteiger partial charge in [0.05, 0.1) is 41.7 Å². The number of fused-ring (bicyclic) bond motifs is 2. The van der Waals surface area contributed by atoms with Crippen molar-refractivity contribution in [1.82, 2.24) is 19.7 Å². The minimum atomic E-state index is -0.275. The molecule has 1 amide bonds. The Morgan fingerprint density at radius 3 is 2.71 bits per heavy atom. The number of aryl methyl sites for hydroxylation is 1. The maximum Gasteiger partial charge on any atom is 0.277 e. The maximum atomic E-state index is 14.1. The molecule has 35 heavy (non-hydrogen) atoms. The summed E-state index contributed by atoms with van der Waals surface area (Å²) < 4.78 is 13.3. The Kier molecular flexibility index (Phi) is 5.53. The summed E-state index contributed by atoms with van der Waals surface area (Å²) in [7, 11) is 0. The van der Waals surface area contributed by atoms with Crippen molar-refractivity contribution in [2.45, 2.75) is 45.2 Å². The molecule has 8 heteroatoms. The van der Waals surface area contributed by atoms with Crippen LogP contribution >= 0.6 is 0 Å². The Hall–Kier alpha value is -3.65. The smallest absolute Gasteiger partial charge is 0.277 e. The van der Waals surface area contributed by atoms with Crippen LogP contribution in [0.1, 0.15) is 65.6 Å². The highest BCUT2D eigenvalue weighted by atomic mass is 16.5. The van der Waals surface area contributed by atoms with E-state index in [1.807, 2.05) is 46.8 Å². The van der Waals surface area contributed by atoms with E-state index in [4.69, 9.17) is 14.6 Å². The molecule has 1 N–H and O–H groups in total. The zero-order chi connectivity index (χ0) is 23.9. The molecule has 2 aromatic carbocycles. The van der Waals surface area contributed by atoms with Crippen molar-refractivity contribution in [3.63, 3.8) is 0 Å². The molecule has 180 valence electrons. The number of nitrogens with zero attached hydrogens (tertiary/aromatic N) is 4. The summed E-state index contributed by atoms with van der Waals surface area (Å²) >= 11 is 0. The summed E-state index contributed by atoms with van der Waals surface area (Å²) in [5.41, 5.74) is 6.17. The predicted molar refractivity (Wildman–Crippen MR) is 133 cm³/mol. The third kappa shape index (κ3) is 3.69. The molecule has 0 saturated carbocycles. The van der Waals surface area contributed by atoms with Gasteiger partial charge in [-0.15, -0.1) is 0 Å². The number of hydrogen-bond donors (Lipinski definition) is 1. The van der Waals surface area contributed by atoms with Crippen molar-refractivity contribution in [3.05, 3.63) is 71.3 Å². The number of aromatic nitrogens is 4. The fourth-order valence-electron chi connectivity index (χ4n) is 5.27. The van der Waals surface area contributed by atoms with Gasteiger partial charge in [-0.2, -0.15) is 5.10 Å². The summed E-state index contributed by atoms with van der Waals surface area (Å²) in [5, 5.41) is 4.88. The summed E-state index contributed by atoms with van der Waals surface area (Å²) in [6.45, 7) is 6.16. The summed E-state index contributed by atoms with van der Waals surface area (Å²) in [6.07, 6.45) is 4.34. The minimum absolute atomic E-state index is 0.0294. The van der Waals surface area contributed by atoms with Crippen LogP contribution in [0, 0.1) is 6.92 Å². The lowest BCUT2D eigenvalue weighted by atomic mass is 9.98. The minimum Gasteiger partial charge on any atom is -0.494 e. The number of imidazole rings is 1. The van der Waals surface area contributed by atoms with Crippen molar-refractivity contribution in [2.75, 3.05) is 24.7 Å². The molecule has 2 aliphatic heterocycles. The van der Waals surface area contributed by atoms with Gasteiger partial charge in [0, 0.05) is 24.5 Å². The zero-order valence-corrected chi connectivity index (χ0v) is 20.0. The van der Waals surface area contributed by atoms with Crippen molar-refractivity contribution < 1.29 is 14.3 Å². The summed E-state index contributed by atoms with van der Waals surface area (Å²) in [4.78, 5) is 23.6. The molecule has 1 atom stereocenters. The second-order valence-electron chi connectivity index (χ2n) is 9.23. The lowest BCUT2D eigenvalue weighted by molar-refractivity contribution is 0.0645. The zero-order valence-electron chi connectivity index (χ0n) is 20.0. The van der Waals surface area contributed by atoms with E-state index in [-0.39, 0.29) is 18.0 Å². The fraction of sp³-hybridized carbons (Fsp3) is 0.370. The summed E-state index contributed by atoms with van der Waals surface area (Å²) in [5.74, 6) is 0.803. The number of benzene rings is 2. The molecule has 8 nitrogen and oxygen atoms in total. The molecule has 6 rings (SSSR count). The SMILES string of the molecule is CCCOc1ccc(C2c3c(C)nn(C4CCOCC4)c3C(=O)N2c2ccc3[nH]cnc3c2)cc1. The monoisotopic (exact) mass is 471 g/mol. The molecule has 2 aliphatic rings. The first kappa shape index (κ1) is 21.9. The lowest BCUT2D eigenvalue weighted by Gasteiger charge is -2.27. The van der Waals surface area contributed by atoms with Gasteiger partial charge in [0.1, 0.15) is 11.4 Å². The molecule has 4 aromatic rings. The first-order chi connectivity index (χ1) is 17.2. The number of carbonyl (C=O) groups is 1. The molecule has 1 unspecified atom stereocenters.